The molecule has 1 saturated carbocycles. The Labute approximate surface area is 103 Å². The van der Waals surface area contributed by atoms with Crippen molar-refractivity contribution in [3.63, 3.8) is 0 Å². The van der Waals surface area contributed by atoms with Gasteiger partial charge >= 0.3 is 0 Å². The van der Waals surface area contributed by atoms with Crippen molar-refractivity contribution in [1.29, 1.82) is 0 Å². The molecule has 1 saturated heterocycles. The summed E-state index contributed by atoms with van der Waals surface area (Å²) in [6.07, 6.45) is 5.81. The molecule has 2 N–H and O–H groups in total. The van der Waals surface area contributed by atoms with Crippen LogP contribution in [0.25, 0.3) is 0 Å². The van der Waals surface area contributed by atoms with Crippen LogP contribution in [0.2, 0.25) is 0 Å². The largest absolute Gasteiger partial charge is 0.366 e. The molecule has 2 rings (SSSR count). The van der Waals surface area contributed by atoms with E-state index >= 15 is 0 Å². The highest BCUT2D eigenvalue weighted by Gasteiger charge is 2.28. The molecular weight excluding hydrogens is 216 g/mol. The van der Waals surface area contributed by atoms with Crippen molar-refractivity contribution in [3.8, 4) is 0 Å². The first-order valence-electron chi connectivity index (χ1n) is 6.94. The Morgan fingerprint density at radius 1 is 1.41 bits per heavy atom. The van der Waals surface area contributed by atoms with E-state index in [2.05, 4.69) is 17.6 Å². The van der Waals surface area contributed by atoms with Crippen molar-refractivity contribution in [2.45, 2.75) is 51.2 Å². The Kier molecular flexibility index (Phi) is 4.80. The highest BCUT2D eigenvalue weighted by Crippen LogP contribution is 2.26. The average Bonchev–Trinajstić information content (AvgIpc) is 2.40. The number of rotatable bonds is 3. The highest BCUT2D eigenvalue weighted by atomic mass is 16.5. The predicted molar refractivity (Wildman–Crippen MR) is 66.8 cm³/mol. The fraction of sp³-hybridized carbons (Fsp3) is 0.923. The van der Waals surface area contributed by atoms with Crippen LogP contribution in [0, 0.1) is 5.92 Å². The zero-order chi connectivity index (χ0) is 12.1. The second kappa shape index (κ2) is 6.36. The van der Waals surface area contributed by atoms with Crippen LogP contribution in [-0.2, 0) is 9.53 Å². The molecule has 0 bridgehead atoms. The van der Waals surface area contributed by atoms with Crippen LogP contribution >= 0.6 is 0 Å². The Morgan fingerprint density at radius 2 is 2.24 bits per heavy atom. The molecule has 1 aliphatic heterocycles. The fourth-order valence-electron chi connectivity index (χ4n) is 2.90. The molecule has 98 valence electrons. The molecule has 1 aliphatic carbocycles. The maximum absolute atomic E-state index is 12.1. The molecule has 17 heavy (non-hydrogen) atoms. The van der Waals surface area contributed by atoms with Crippen molar-refractivity contribution in [2.75, 3.05) is 19.7 Å². The molecule has 0 radical (unpaired) electrons. The van der Waals surface area contributed by atoms with Crippen LogP contribution in [0.5, 0.6) is 0 Å². The number of carbonyl (C=O) groups excluding carboxylic acids is 1. The van der Waals surface area contributed by atoms with E-state index in [1.165, 1.54) is 19.3 Å². The lowest BCUT2D eigenvalue weighted by molar-refractivity contribution is -0.135. The molecule has 4 nitrogen and oxygen atoms in total. The van der Waals surface area contributed by atoms with E-state index in [0.717, 1.165) is 19.4 Å². The van der Waals surface area contributed by atoms with Gasteiger partial charge in [-0.15, -0.1) is 0 Å². The number of hydrogen-bond acceptors (Lipinski definition) is 3. The summed E-state index contributed by atoms with van der Waals surface area (Å²) in [6, 6.07) is 0.367. The quantitative estimate of drug-likeness (QED) is 0.775. The summed E-state index contributed by atoms with van der Waals surface area (Å²) in [5.74, 6) is 0.729. The van der Waals surface area contributed by atoms with Crippen molar-refractivity contribution < 1.29 is 9.53 Å². The molecule has 2 aliphatic rings. The van der Waals surface area contributed by atoms with Crippen LogP contribution in [0.1, 0.15) is 39.0 Å². The summed E-state index contributed by atoms with van der Waals surface area (Å²) < 4.78 is 5.48. The normalized spacial score (nSPS) is 34.3. The van der Waals surface area contributed by atoms with Gasteiger partial charge in [0.05, 0.1) is 6.61 Å². The molecule has 0 aromatic heterocycles. The summed E-state index contributed by atoms with van der Waals surface area (Å²) in [4.78, 5) is 12.1. The van der Waals surface area contributed by atoms with Gasteiger partial charge in [-0.25, -0.2) is 0 Å². The molecule has 1 amide bonds. The van der Waals surface area contributed by atoms with E-state index in [1.54, 1.807) is 0 Å². The first-order valence-corrected chi connectivity index (χ1v) is 6.94. The van der Waals surface area contributed by atoms with E-state index in [9.17, 15) is 4.79 Å². The van der Waals surface area contributed by atoms with Gasteiger partial charge in [0.25, 0.3) is 5.91 Å². The van der Waals surface area contributed by atoms with E-state index < -0.39 is 0 Å². The van der Waals surface area contributed by atoms with E-state index in [1.807, 2.05) is 0 Å². The SMILES string of the molecule is CCC1CCCCC1NC(=O)C1CNCCO1. The minimum Gasteiger partial charge on any atom is -0.366 e. The second-order valence-corrected chi connectivity index (χ2v) is 5.13. The third-order valence-corrected chi connectivity index (χ3v) is 3.98. The smallest absolute Gasteiger partial charge is 0.250 e. The van der Waals surface area contributed by atoms with Gasteiger partial charge in [-0.05, 0) is 18.8 Å². The van der Waals surface area contributed by atoms with Crippen LogP contribution in [0.15, 0.2) is 0 Å². The van der Waals surface area contributed by atoms with Crippen LogP contribution in [0.4, 0.5) is 0 Å². The summed E-state index contributed by atoms with van der Waals surface area (Å²) in [5.41, 5.74) is 0. The molecule has 2 fully saturated rings. The predicted octanol–water partition coefficient (Wildman–Crippen LogP) is 1.06. The van der Waals surface area contributed by atoms with Gasteiger partial charge in [0.2, 0.25) is 0 Å². The topological polar surface area (TPSA) is 50.4 Å². The van der Waals surface area contributed by atoms with Crippen LogP contribution in [-0.4, -0.2) is 37.7 Å². The van der Waals surface area contributed by atoms with Gasteiger partial charge < -0.3 is 15.4 Å². The number of nitrogens with one attached hydrogen (secondary N) is 2. The fourth-order valence-corrected chi connectivity index (χ4v) is 2.90. The number of carbonyl (C=O) groups is 1. The molecule has 0 spiro atoms. The van der Waals surface area contributed by atoms with E-state index in [4.69, 9.17) is 4.74 Å². The lowest BCUT2D eigenvalue weighted by Gasteiger charge is -2.33. The lowest BCUT2D eigenvalue weighted by Crippen LogP contribution is -2.52. The van der Waals surface area contributed by atoms with Gasteiger partial charge in [-0.3, -0.25) is 4.79 Å². The maximum atomic E-state index is 12.1. The van der Waals surface area contributed by atoms with Gasteiger partial charge in [0, 0.05) is 19.1 Å². The minimum atomic E-state index is -0.289. The van der Waals surface area contributed by atoms with Crippen molar-refractivity contribution in [1.82, 2.24) is 10.6 Å². The zero-order valence-corrected chi connectivity index (χ0v) is 10.7. The number of amides is 1. The Bertz CT molecular complexity index is 252. The highest BCUT2D eigenvalue weighted by molar-refractivity contribution is 5.81. The summed E-state index contributed by atoms with van der Waals surface area (Å²) in [5, 5.41) is 6.38. The molecule has 3 atom stereocenters. The van der Waals surface area contributed by atoms with Gasteiger partial charge in [0.1, 0.15) is 6.10 Å². The third-order valence-electron chi connectivity index (χ3n) is 3.98. The average molecular weight is 240 g/mol. The monoisotopic (exact) mass is 240 g/mol. The number of ether oxygens (including phenoxy) is 1. The van der Waals surface area contributed by atoms with Crippen LogP contribution < -0.4 is 10.6 Å². The molecular formula is C13H24N2O2. The Balaban J connectivity index is 1.83. The van der Waals surface area contributed by atoms with Crippen molar-refractivity contribution in [3.05, 3.63) is 0 Å². The van der Waals surface area contributed by atoms with Gasteiger partial charge in [0.15, 0.2) is 0 Å². The summed E-state index contributed by atoms with van der Waals surface area (Å²) in [6.45, 7) is 4.36. The Morgan fingerprint density at radius 3 is 2.94 bits per heavy atom. The van der Waals surface area contributed by atoms with E-state index in [0.29, 0.717) is 25.1 Å². The van der Waals surface area contributed by atoms with Crippen molar-refractivity contribution >= 4 is 5.91 Å². The first-order chi connectivity index (χ1) is 8.31. The van der Waals surface area contributed by atoms with Gasteiger partial charge in [-0.2, -0.15) is 0 Å². The summed E-state index contributed by atoms with van der Waals surface area (Å²) in [7, 11) is 0. The molecule has 1 heterocycles. The standard InChI is InChI=1S/C13H24N2O2/c1-2-10-5-3-4-6-11(10)15-13(16)12-9-14-7-8-17-12/h10-12,14H,2-9H2,1H3,(H,15,16). The molecule has 0 aromatic rings. The third kappa shape index (κ3) is 3.42. The Hall–Kier alpha value is -0.610. The molecule has 3 unspecified atom stereocenters. The van der Waals surface area contributed by atoms with E-state index in [-0.39, 0.29) is 12.0 Å². The summed E-state index contributed by atoms with van der Waals surface area (Å²) >= 11 is 0. The van der Waals surface area contributed by atoms with Crippen molar-refractivity contribution in [2.24, 2.45) is 5.92 Å². The maximum Gasteiger partial charge on any atom is 0.250 e. The lowest BCUT2D eigenvalue weighted by atomic mass is 9.83. The zero-order valence-electron chi connectivity index (χ0n) is 10.7. The van der Waals surface area contributed by atoms with Gasteiger partial charge in [-0.1, -0.05) is 26.2 Å². The minimum absolute atomic E-state index is 0.0718. The second-order valence-electron chi connectivity index (χ2n) is 5.13. The molecule has 0 aromatic carbocycles. The first kappa shape index (κ1) is 12.8. The van der Waals surface area contributed by atoms with Crippen LogP contribution in [0.3, 0.4) is 0 Å². The molecule has 4 heteroatoms. The number of hydrogen-bond donors (Lipinski definition) is 2. The number of morpholine rings is 1.